The highest BCUT2D eigenvalue weighted by atomic mass is 19.4. The second-order valence-corrected chi connectivity index (χ2v) is 5.96. The molecule has 0 aromatic heterocycles. The second-order valence-electron chi connectivity index (χ2n) is 5.96. The summed E-state index contributed by atoms with van der Waals surface area (Å²) in [6.45, 7) is 2.14. The first kappa shape index (κ1) is 15.4. The average Bonchev–Trinajstić information content (AvgIpc) is 2.38. The second kappa shape index (κ2) is 5.76. The van der Waals surface area contributed by atoms with Gasteiger partial charge in [-0.05, 0) is 42.9 Å². The predicted octanol–water partition coefficient (Wildman–Crippen LogP) is 4.55. The lowest BCUT2D eigenvalue weighted by Crippen LogP contribution is -2.50. The van der Waals surface area contributed by atoms with Crippen LogP contribution in [0.25, 0.3) is 0 Å². The van der Waals surface area contributed by atoms with E-state index in [0.717, 1.165) is 43.4 Å². The van der Waals surface area contributed by atoms with Crippen LogP contribution in [0.15, 0.2) is 24.3 Å². The maximum Gasteiger partial charge on any atom is 0.416 e. The molecule has 0 saturated heterocycles. The normalized spacial score (nSPS) is 27.6. The molecule has 2 N–H and O–H groups in total. The van der Waals surface area contributed by atoms with E-state index >= 15 is 0 Å². The molecule has 20 heavy (non-hydrogen) atoms. The van der Waals surface area contributed by atoms with Crippen molar-refractivity contribution in [3.8, 4) is 0 Å². The zero-order valence-electron chi connectivity index (χ0n) is 11.8. The van der Waals surface area contributed by atoms with Crippen molar-refractivity contribution < 1.29 is 13.2 Å². The summed E-state index contributed by atoms with van der Waals surface area (Å²) in [6.07, 6.45) is 1.87. The molecule has 0 heterocycles. The Morgan fingerprint density at radius 2 is 1.85 bits per heavy atom. The van der Waals surface area contributed by atoms with Gasteiger partial charge in [-0.25, -0.2) is 0 Å². The standard InChI is InChI=1S/C16H22F3N/c1-2-13-5-3-4-10-15(13,20)11-12-6-8-14(9-7-12)16(17,18)19/h6-9,13H,2-5,10-11,20H2,1H3. The number of alkyl halides is 3. The topological polar surface area (TPSA) is 26.0 Å². The van der Waals surface area contributed by atoms with Crippen molar-refractivity contribution in [1.82, 2.24) is 0 Å². The Morgan fingerprint density at radius 1 is 1.20 bits per heavy atom. The van der Waals surface area contributed by atoms with E-state index in [1.54, 1.807) is 12.1 Å². The molecule has 0 aliphatic heterocycles. The fraction of sp³-hybridized carbons (Fsp3) is 0.625. The summed E-state index contributed by atoms with van der Waals surface area (Å²) < 4.78 is 37.6. The monoisotopic (exact) mass is 285 g/mol. The Labute approximate surface area is 118 Å². The van der Waals surface area contributed by atoms with E-state index in [2.05, 4.69) is 6.92 Å². The van der Waals surface area contributed by atoms with Gasteiger partial charge in [0.25, 0.3) is 0 Å². The van der Waals surface area contributed by atoms with Gasteiger partial charge in [0.1, 0.15) is 0 Å². The summed E-state index contributed by atoms with van der Waals surface area (Å²) in [4.78, 5) is 0. The third kappa shape index (κ3) is 3.35. The van der Waals surface area contributed by atoms with Gasteiger partial charge in [0.15, 0.2) is 0 Å². The van der Waals surface area contributed by atoms with Crippen LogP contribution in [0.3, 0.4) is 0 Å². The Kier molecular flexibility index (Phi) is 4.43. The van der Waals surface area contributed by atoms with E-state index in [1.165, 1.54) is 6.42 Å². The highest BCUT2D eigenvalue weighted by Crippen LogP contribution is 2.37. The lowest BCUT2D eigenvalue weighted by molar-refractivity contribution is -0.137. The van der Waals surface area contributed by atoms with Crippen LogP contribution in [0.2, 0.25) is 0 Å². The smallest absolute Gasteiger partial charge is 0.325 e. The molecule has 1 saturated carbocycles. The minimum Gasteiger partial charge on any atom is -0.325 e. The van der Waals surface area contributed by atoms with Crippen LogP contribution in [0.4, 0.5) is 13.2 Å². The first-order valence-corrected chi connectivity index (χ1v) is 7.30. The molecule has 1 aliphatic rings. The predicted molar refractivity (Wildman–Crippen MR) is 74.3 cm³/mol. The van der Waals surface area contributed by atoms with Gasteiger partial charge in [-0.15, -0.1) is 0 Å². The minimum absolute atomic E-state index is 0.257. The van der Waals surface area contributed by atoms with Crippen molar-refractivity contribution >= 4 is 0 Å². The van der Waals surface area contributed by atoms with Crippen molar-refractivity contribution in [3.05, 3.63) is 35.4 Å². The van der Waals surface area contributed by atoms with Gasteiger partial charge in [-0.1, -0.05) is 38.3 Å². The summed E-state index contributed by atoms with van der Waals surface area (Å²) in [5, 5.41) is 0. The van der Waals surface area contributed by atoms with Crippen molar-refractivity contribution in [2.75, 3.05) is 0 Å². The molecule has 1 aromatic rings. The summed E-state index contributed by atoms with van der Waals surface area (Å²) in [6, 6.07) is 5.45. The molecule has 1 fully saturated rings. The molecular formula is C16H22F3N. The number of halogens is 3. The van der Waals surface area contributed by atoms with Crippen LogP contribution in [0.1, 0.15) is 50.2 Å². The molecule has 1 nitrogen and oxygen atoms in total. The maximum absolute atomic E-state index is 12.5. The summed E-state index contributed by atoms with van der Waals surface area (Å²) >= 11 is 0. The lowest BCUT2D eigenvalue weighted by atomic mass is 9.69. The number of nitrogens with two attached hydrogens (primary N) is 1. The van der Waals surface area contributed by atoms with Gasteiger partial charge < -0.3 is 5.73 Å². The molecule has 2 atom stereocenters. The molecule has 0 radical (unpaired) electrons. The van der Waals surface area contributed by atoms with E-state index in [-0.39, 0.29) is 5.54 Å². The first-order valence-electron chi connectivity index (χ1n) is 7.30. The van der Waals surface area contributed by atoms with Crippen LogP contribution in [0.5, 0.6) is 0 Å². The van der Waals surface area contributed by atoms with E-state index in [4.69, 9.17) is 5.73 Å². The van der Waals surface area contributed by atoms with Gasteiger partial charge in [0, 0.05) is 5.54 Å². The Balaban J connectivity index is 2.12. The third-order valence-electron chi connectivity index (χ3n) is 4.57. The summed E-state index contributed by atoms with van der Waals surface area (Å²) in [7, 11) is 0. The molecule has 1 aromatic carbocycles. The van der Waals surface area contributed by atoms with E-state index in [0.29, 0.717) is 12.3 Å². The molecule has 0 bridgehead atoms. The van der Waals surface area contributed by atoms with Crippen molar-refractivity contribution in [1.29, 1.82) is 0 Å². The Morgan fingerprint density at radius 3 is 2.40 bits per heavy atom. The number of benzene rings is 1. The summed E-state index contributed by atoms with van der Waals surface area (Å²) in [5.74, 6) is 0.471. The van der Waals surface area contributed by atoms with Crippen molar-refractivity contribution in [2.24, 2.45) is 11.7 Å². The fourth-order valence-corrected chi connectivity index (χ4v) is 3.37. The average molecular weight is 285 g/mol. The molecule has 1 aliphatic carbocycles. The molecule has 0 amide bonds. The van der Waals surface area contributed by atoms with E-state index in [1.807, 2.05) is 0 Å². The first-order chi connectivity index (χ1) is 9.35. The third-order valence-corrected chi connectivity index (χ3v) is 4.57. The zero-order valence-corrected chi connectivity index (χ0v) is 11.8. The molecule has 2 rings (SSSR count). The van der Waals surface area contributed by atoms with E-state index < -0.39 is 11.7 Å². The number of hydrogen-bond donors (Lipinski definition) is 1. The fourth-order valence-electron chi connectivity index (χ4n) is 3.37. The summed E-state index contributed by atoms with van der Waals surface area (Å²) in [5.41, 5.74) is 6.60. The minimum atomic E-state index is -4.27. The van der Waals surface area contributed by atoms with Gasteiger partial charge in [-0.2, -0.15) is 13.2 Å². The highest BCUT2D eigenvalue weighted by Gasteiger charge is 2.36. The van der Waals surface area contributed by atoms with Crippen LogP contribution in [-0.2, 0) is 12.6 Å². The largest absolute Gasteiger partial charge is 0.416 e. The van der Waals surface area contributed by atoms with Crippen LogP contribution >= 0.6 is 0 Å². The molecule has 112 valence electrons. The highest BCUT2D eigenvalue weighted by molar-refractivity contribution is 5.26. The van der Waals surface area contributed by atoms with Crippen LogP contribution in [0, 0.1) is 5.92 Å². The van der Waals surface area contributed by atoms with Crippen molar-refractivity contribution in [3.63, 3.8) is 0 Å². The van der Waals surface area contributed by atoms with Gasteiger partial charge >= 0.3 is 6.18 Å². The Bertz CT molecular complexity index is 438. The van der Waals surface area contributed by atoms with E-state index in [9.17, 15) is 13.2 Å². The molecule has 2 unspecified atom stereocenters. The van der Waals surface area contributed by atoms with Crippen molar-refractivity contribution in [2.45, 2.75) is 57.2 Å². The van der Waals surface area contributed by atoms with Gasteiger partial charge in [0.05, 0.1) is 5.56 Å². The lowest BCUT2D eigenvalue weighted by Gasteiger charge is -2.41. The zero-order chi connectivity index (χ0) is 14.8. The van der Waals surface area contributed by atoms with Gasteiger partial charge in [-0.3, -0.25) is 0 Å². The number of hydrogen-bond acceptors (Lipinski definition) is 1. The SMILES string of the molecule is CCC1CCCCC1(N)Cc1ccc(C(F)(F)F)cc1. The van der Waals surface area contributed by atoms with Crippen LogP contribution < -0.4 is 5.73 Å². The molecule has 4 heteroatoms. The maximum atomic E-state index is 12.5. The van der Waals surface area contributed by atoms with Crippen LogP contribution in [-0.4, -0.2) is 5.54 Å². The Hall–Kier alpha value is -1.03. The number of rotatable bonds is 3. The molecular weight excluding hydrogens is 263 g/mol. The quantitative estimate of drug-likeness (QED) is 0.866. The van der Waals surface area contributed by atoms with Gasteiger partial charge in [0.2, 0.25) is 0 Å². The molecule has 0 spiro atoms.